The molecule has 1 heteroatoms. The minimum Gasteiger partial charge on any atom is -0.290 e. The molecule has 3 aliphatic rings. The average Bonchev–Trinajstić information content (AvgIpc) is 2.60. The van der Waals surface area contributed by atoms with Crippen molar-refractivity contribution in [1.29, 1.82) is 0 Å². The molecule has 0 bridgehead atoms. The van der Waals surface area contributed by atoms with Crippen LogP contribution in [0.3, 0.4) is 0 Å². The summed E-state index contributed by atoms with van der Waals surface area (Å²) in [5, 5.41) is 0. The van der Waals surface area contributed by atoms with Crippen molar-refractivity contribution in [2.45, 2.75) is 51.6 Å². The van der Waals surface area contributed by atoms with Gasteiger partial charge in [-0.25, -0.2) is 0 Å². The van der Waals surface area contributed by atoms with Crippen LogP contribution in [0, 0.1) is 11.3 Å². The molecular formula is C13H21N. The first kappa shape index (κ1) is 8.96. The second-order valence-electron chi connectivity index (χ2n) is 6.42. The van der Waals surface area contributed by atoms with E-state index >= 15 is 0 Å². The molecule has 2 saturated heterocycles. The lowest BCUT2D eigenvalue weighted by atomic mass is 9.68. The maximum Gasteiger partial charge on any atom is 0.0473 e. The van der Waals surface area contributed by atoms with Crippen LogP contribution >= 0.6 is 0 Å². The maximum absolute atomic E-state index is 4.35. The van der Waals surface area contributed by atoms with Crippen LogP contribution in [-0.2, 0) is 0 Å². The molecule has 2 heterocycles. The summed E-state index contributed by atoms with van der Waals surface area (Å²) in [6.07, 6.45) is 4.09. The molecule has 2 aliphatic heterocycles. The van der Waals surface area contributed by atoms with Crippen molar-refractivity contribution < 1.29 is 0 Å². The van der Waals surface area contributed by atoms with E-state index in [0.29, 0.717) is 11.0 Å². The highest BCUT2D eigenvalue weighted by molar-refractivity contribution is 5.34. The highest BCUT2D eigenvalue weighted by Crippen LogP contribution is 2.63. The van der Waals surface area contributed by atoms with Gasteiger partial charge in [0.15, 0.2) is 0 Å². The summed E-state index contributed by atoms with van der Waals surface area (Å²) >= 11 is 0. The molecule has 0 aromatic rings. The van der Waals surface area contributed by atoms with Crippen LogP contribution in [0.2, 0.25) is 0 Å². The normalized spacial score (nSPS) is 46.6. The maximum atomic E-state index is 4.35. The molecule has 0 aromatic heterocycles. The summed E-state index contributed by atoms with van der Waals surface area (Å²) < 4.78 is 0. The number of rotatable bonds is 0. The predicted molar refractivity (Wildman–Crippen MR) is 59.2 cm³/mol. The van der Waals surface area contributed by atoms with Crippen LogP contribution < -0.4 is 0 Å². The Balaban J connectivity index is 2.06. The third-order valence-electron chi connectivity index (χ3n) is 4.81. The summed E-state index contributed by atoms with van der Waals surface area (Å²) in [7, 11) is 0. The Hall–Kier alpha value is -0.300. The van der Waals surface area contributed by atoms with Crippen LogP contribution in [0.4, 0.5) is 0 Å². The van der Waals surface area contributed by atoms with E-state index < -0.39 is 0 Å². The monoisotopic (exact) mass is 191 g/mol. The molecular weight excluding hydrogens is 170 g/mol. The zero-order valence-electron chi connectivity index (χ0n) is 9.64. The summed E-state index contributed by atoms with van der Waals surface area (Å²) in [4.78, 5) is 2.78. The fourth-order valence-electron chi connectivity index (χ4n) is 4.05. The smallest absolute Gasteiger partial charge is 0.0473 e. The lowest BCUT2D eigenvalue weighted by Gasteiger charge is -2.46. The van der Waals surface area contributed by atoms with Crippen molar-refractivity contribution in [3.63, 3.8) is 0 Å². The lowest BCUT2D eigenvalue weighted by molar-refractivity contribution is 0.0697. The van der Waals surface area contributed by atoms with Gasteiger partial charge in [0.2, 0.25) is 0 Å². The van der Waals surface area contributed by atoms with Crippen molar-refractivity contribution in [2.24, 2.45) is 11.3 Å². The van der Waals surface area contributed by atoms with Crippen molar-refractivity contribution in [1.82, 2.24) is 4.90 Å². The fraction of sp³-hybridized carbons (Fsp3) is 0.846. The van der Waals surface area contributed by atoms with E-state index in [1.54, 1.807) is 0 Å². The quantitative estimate of drug-likeness (QED) is 0.532. The molecule has 3 rings (SSSR count). The van der Waals surface area contributed by atoms with Crippen LogP contribution in [0.15, 0.2) is 12.2 Å². The van der Waals surface area contributed by atoms with E-state index in [2.05, 4.69) is 32.3 Å². The molecule has 0 radical (unpaired) electrons. The Morgan fingerprint density at radius 2 is 2.14 bits per heavy atom. The summed E-state index contributed by atoms with van der Waals surface area (Å²) in [5.41, 5.74) is 2.24. The highest BCUT2D eigenvalue weighted by atomic mass is 15.3. The van der Waals surface area contributed by atoms with Crippen LogP contribution in [-0.4, -0.2) is 23.0 Å². The number of fused-ring (bicyclic) bond motifs is 3. The Labute approximate surface area is 87.2 Å². The van der Waals surface area contributed by atoms with E-state index in [-0.39, 0.29) is 0 Å². The van der Waals surface area contributed by atoms with E-state index in [4.69, 9.17) is 0 Å². The Morgan fingerprint density at radius 3 is 2.71 bits per heavy atom. The molecule has 0 aromatic carbocycles. The van der Waals surface area contributed by atoms with E-state index in [0.717, 1.165) is 12.0 Å². The molecule has 0 spiro atoms. The molecule has 1 aliphatic carbocycles. The predicted octanol–water partition coefficient (Wildman–Crippen LogP) is 2.83. The minimum atomic E-state index is 0.362. The van der Waals surface area contributed by atoms with Gasteiger partial charge in [0.25, 0.3) is 0 Å². The van der Waals surface area contributed by atoms with Crippen LogP contribution in [0.5, 0.6) is 0 Å². The first-order valence-corrected chi connectivity index (χ1v) is 5.92. The van der Waals surface area contributed by atoms with Gasteiger partial charge >= 0.3 is 0 Å². The summed E-state index contributed by atoms with van der Waals surface area (Å²) in [6, 6.07) is 0.925. The molecule has 1 saturated carbocycles. The fourth-order valence-corrected chi connectivity index (χ4v) is 4.05. The SMILES string of the molecule is C=C1CCN2[C@@H]3C[C@@H]3CC12C(C)(C)C. The van der Waals surface area contributed by atoms with Crippen molar-refractivity contribution >= 4 is 0 Å². The van der Waals surface area contributed by atoms with Gasteiger partial charge in [0.1, 0.15) is 0 Å². The van der Waals surface area contributed by atoms with Gasteiger partial charge in [-0.2, -0.15) is 0 Å². The zero-order chi connectivity index (χ0) is 10.1. The first-order valence-electron chi connectivity index (χ1n) is 5.92. The van der Waals surface area contributed by atoms with Crippen molar-refractivity contribution in [3.05, 3.63) is 12.2 Å². The summed E-state index contributed by atoms with van der Waals surface area (Å²) in [5.74, 6) is 1.01. The highest BCUT2D eigenvalue weighted by Gasteiger charge is 2.66. The molecule has 1 nitrogen and oxygen atoms in total. The second-order valence-corrected chi connectivity index (χ2v) is 6.42. The third-order valence-corrected chi connectivity index (χ3v) is 4.81. The van der Waals surface area contributed by atoms with Gasteiger partial charge in [0.05, 0.1) is 0 Å². The summed E-state index contributed by atoms with van der Waals surface area (Å²) in [6.45, 7) is 12.8. The van der Waals surface area contributed by atoms with Gasteiger partial charge in [-0.15, -0.1) is 0 Å². The topological polar surface area (TPSA) is 3.24 Å². The van der Waals surface area contributed by atoms with Crippen molar-refractivity contribution in [2.75, 3.05) is 6.54 Å². The van der Waals surface area contributed by atoms with Gasteiger partial charge in [-0.05, 0) is 30.6 Å². The number of piperidine rings is 1. The van der Waals surface area contributed by atoms with Gasteiger partial charge in [-0.1, -0.05) is 32.9 Å². The minimum absolute atomic E-state index is 0.362. The van der Waals surface area contributed by atoms with Crippen LogP contribution in [0.25, 0.3) is 0 Å². The largest absolute Gasteiger partial charge is 0.290 e. The average molecular weight is 191 g/mol. The molecule has 78 valence electrons. The van der Waals surface area contributed by atoms with Crippen LogP contribution in [0.1, 0.15) is 40.0 Å². The number of hydrogen-bond donors (Lipinski definition) is 0. The Kier molecular flexibility index (Phi) is 1.45. The molecule has 0 amide bonds. The first-order chi connectivity index (χ1) is 6.47. The number of hydrogen-bond acceptors (Lipinski definition) is 1. The molecule has 3 atom stereocenters. The number of nitrogens with zero attached hydrogens (tertiary/aromatic N) is 1. The van der Waals surface area contributed by atoms with E-state index in [9.17, 15) is 0 Å². The Morgan fingerprint density at radius 1 is 1.43 bits per heavy atom. The molecule has 0 N–H and O–H groups in total. The standard InChI is InChI=1S/C13H21N/c1-9-5-6-14-11-7-10(11)8-13(9,14)12(2,3)4/h10-11H,1,5-8H2,2-4H3/t10-,11-,13?/m1/s1. The van der Waals surface area contributed by atoms with E-state index in [1.165, 1.54) is 31.4 Å². The molecule has 14 heavy (non-hydrogen) atoms. The third kappa shape index (κ3) is 0.809. The van der Waals surface area contributed by atoms with Gasteiger partial charge in [0, 0.05) is 18.1 Å². The Bertz CT molecular complexity index is 299. The van der Waals surface area contributed by atoms with Gasteiger partial charge in [-0.3, -0.25) is 4.90 Å². The van der Waals surface area contributed by atoms with Crippen molar-refractivity contribution in [3.8, 4) is 0 Å². The second kappa shape index (κ2) is 2.27. The van der Waals surface area contributed by atoms with E-state index in [1.807, 2.05) is 0 Å². The molecule has 3 fully saturated rings. The van der Waals surface area contributed by atoms with Gasteiger partial charge < -0.3 is 0 Å². The zero-order valence-corrected chi connectivity index (χ0v) is 9.64. The molecule has 1 unspecified atom stereocenters. The lowest BCUT2D eigenvalue weighted by Crippen LogP contribution is -2.51.